The summed E-state index contributed by atoms with van der Waals surface area (Å²) in [5, 5.41) is 121. The molecule has 2 aliphatic rings. The number of nitro groups is 9. The lowest BCUT2D eigenvalue weighted by Gasteiger charge is -2.23. The van der Waals surface area contributed by atoms with E-state index in [0.717, 1.165) is 0 Å². The minimum atomic E-state index is -1.21. The molecule has 3 aromatic carbocycles. The number of nitro benzene ring substituents is 9. The summed E-state index contributed by atoms with van der Waals surface area (Å²) in [5.41, 5.74) is -9.01. The van der Waals surface area contributed by atoms with Gasteiger partial charge in [-0.1, -0.05) is 6.92 Å². The van der Waals surface area contributed by atoms with Crippen LogP contribution in [-0.4, -0.2) is 133 Å². The van der Waals surface area contributed by atoms with Gasteiger partial charge < -0.3 is 30.0 Å². The summed E-state index contributed by atoms with van der Waals surface area (Å²) in [7, 11) is 0. The lowest BCUT2D eigenvalue weighted by molar-refractivity contribution is -0.404. The first-order chi connectivity index (χ1) is 31.4. The van der Waals surface area contributed by atoms with Gasteiger partial charge in [0.1, 0.15) is 0 Å². The highest BCUT2D eigenvalue weighted by molar-refractivity contribution is 5.66. The lowest BCUT2D eigenvalue weighted by atomic mass is 10.2. The number of rotatable bonds is 18. The summed E-state index contributed by atoms with van der Waals surface area (Å²) in [5.74, 6) is -3.62. The summed E-state index contributed by atoms with van der Waals surface area (Å²) < 4.78 is 0. The molecule has 2 heterocycles. The Morgan fingerprint density at radius 3 is 0.791 bits per heavy atom. The molecule has 0 saturated carbocycles. The fraction of sp³-hybridized carbons (Fsp3) is 0.471. The van der Waals surface area contributed by atoms with Crippen molar-refractivity contribution in [2.45, 2.75) is 45.4 Å². The lowest BCUT2D eigenvalue weighted by Crippen LogP contribution is -2.31. The van der Waals surface area contributed by atoms with Crippen LogP contribution in [0.1, 0.15) is 45.4 Å². The summed E-state index contributed by atoms with van der Waals surface area (Å²) in [6.45, 7) is 14.2. The largest absolute Gasteiger partial charge is 0.497 e. The Balaban J connectivity index is 0.000000308. The van der Waals surface area contributed by atoms with Gasteiger partial charge in [0.15, 0.2) is 0 Å². The predicted molar refractivity (Wildman–Crippen MR) is 227 cm³/mol. The third-order valence-corrected chi connectivity index (χ3v) is 9.72. The van der Waals surface area contributed by atoms with Gasteiger partial charge in [-0.25, -0.2) is 0 Å². The fourth-order valence-corrected chi connectivity index (χ4v) is 6.40. The molecule has 33 nitrogen and oxygen atoms in total. The Morgan fingerprint density at radius 1 is 0.418 bits per heavy atom. The maximum absolute atomic E-state index is 10.4. The second kappa shape index (κ2) is 25.7. The third kappa shape index (κ3) is 16.6. The monoisotopic (exact) mass is 954 g/mol. The van der Waals surface area contributed by atoms with E-state index < -0.39 is 113 Å². The highest BCUT2D eigenvalue weighted by Gasteiger charge is 2.32. The number of aromatic hydroxyl groups is 3. The van der Waals surface area contributed by atoms with Gasteiger partial charge >= 0.3 is 34.1 Å². The van der Waals surface area contributed by atoms with Crippen molar-refractivity contribution in [2.24, 2.45) is 0 Å². The summed E-state index contributed by atoms with van der Waals surface area (Å²) in [4.78, 5) is 91.2. The van der Waals surface area contributed by atoms with Gasteiger partial charge in [0.25, 0.3) is 34.3 Å². The maximum Gasteiger partial charge on any atom is 0.324 e. The van der Waals surface area contributed by atoms with E-state index in [4.69, 9.17) is 15.3 Å². The number of hydrogen-bond donors (Lipinski definition) is 3. The van der Waals surface area contributed by atoms with Crippen LogP contribution in [0.15, 0.2) is 36.4 Å². The number of non-ortho nitro benzene ring substituents is 3. The van der Waals surface area contributed by atoms with Crippen molar-refractivity contribution in [3.05, 3.63) is 127 Å². The van der Waals surface area contributed by atoms with Crippen molar-refractivity contribution in [3.8, 4) is 17.2 Å². The van der Waals surface area contributed by atoms with Crippen molar-refractivity contribution in [2.75, 3.05) is 58.9 Å². The molecular weight excluding hydrogens is 912 g/mol. The number of phenolic OH excluding ortho intramolecular Hbond substituents is 3. The van der Waals surface area contributed by atoms with Crippen molar-refractivity contribution in [3.63, 3.8) is 0 Å². The molecule has 0 spiro atoms. The first-order valence-corrected chi connectivity index (χ1v) is 19.5. The average Bonchev–Trinajstić information content (AvgIpc) is 3.98. The van der Waals surface area contributed by atoms with Crippen molar-refractivity contribution >= 4 is 51.2 Å². The van der Waals surface area contributed by atoms with Crippen LogP contribution >= 0.6 is 0 Å². The SMILES string of the molecule is CCN(CCCN1CCCC1)CCCN1CCCC1.O=[N+]([O-])c1cc([N+](=O)[O-])c(O)c([N+](=O)[O-])c1.O=[N+]([O-])c1cc([N+](=O)[O-])c(O)c([N+](=O)[O-])c1.O=[N+]([O-])c1cc([N+](=O)[O-])c(O)c([N+](=O)[O-])c1. The highest BCUT2D eigenvalue weighted by Crippen LogP contribution is 2.41. The predicted octanol–water partition coefficient (Wildman–Crippen LogP) is 5.63. The Labute approximate surface area is 374 Å². The van der Waals surface area contributed by atoms with Crippen LogP contribution in [0.3, 0.4) is 0 Å². The van der Waals surface area contributed by atoms with Gasteiger partial charge in [0.05, 0.1) is 80.7 Å². The molecule has 3 aromatic rings. The molecule has 2 aliphatic heterocycles. The summed E-state index contributed by atoms with van der Waals surface area (Å²) in [6.07, 6.45) is 8.41. The Hall–Kier alpha value is -8.46. The second-order valence-corrected chi connectivity index (χ2v) is 14.1. The van der Waals surface area contributed by atoms with Crippen LogP contribution in [0.2, 0.25) is 0 Å². The molecular formula is C34H42N12O21. The van der Waals surface area contributed by atoms with Crippen LogP contribution < -0.4 is 0 Å². The quantitative estimate of drug-likeness (QED) is 0.103. The van der Waals surface area contributed by atoms with Gasteiger partial charge in [0, 0.05) is 0 Å². The number of benzene rings is 3. The molecule has 0 radical (unpaired) electrons. The Kier molecular flexibility index (Phi) is 21.0. The number of hydrogen-bond acceptors (Lipinski definition) is 24. The standard InChI is InChI=1S/C16H33N3.3C6H3N3O7/c1-2-17(13-7-15-18-9-3-4-10-18)14-8-16-19-11-5-6-12-19;3*10-6-4(8(13)14)1-3(7(11)12)2-5(6)9(15)16/h2-16H2,1H3;3*1-2,10H. The van der Waals surface area contributed by atoms with Gasteiger partial charge in [-0.05, 0) is 97.4 Å². The highest BCUT2D eigenvalue weighted by atomic mass is 16.7. The minimum Gasteiger partial charge on any atom is -0.497 e. The van der Waals surface area contributed by atoms with E-state index in [-0.39, 0.29) is 0 Å². The fourth-order valence-electron chi connectivity index (χ4n) is 6.40. The van der Waals surface area contributed by atoms with E-state index >= 15 is 0 Å². The summed E-state index contributed by atoms with van der Waals surface area (Å²) >= 11 is 0. The van der Waals surface area contributed by atoms with E-state index in [0.29, 0.717) is 36.4 Å². The van der Waals surface area contributed by atoms with Crippen molar-refractivity contribution in [1.82, 2.24) is 14.7 Å². The number of phenols is 3. The average molecular weight is 955 g/mol. The Morgan fingerprint density at radius 2 is 0.627 bits per heavy atom. The van der Waals surface area contributed by atoms with Gasteiger partial charge in [0.2, 0.25) is 0 Å². The smallest absolute Gasteiger partial charge is 0.324 e. The van der Waals surface area contributed by atoms with Gasteiger partial charge in [-0.15, -0.1) is 0 Å². The van der Waals surface area contributed by atoms with Gasteiger partial charge in [-0.3, -0.25) is 91.0 Å². The molecule has 33 heteroatoms. The molecule has 3 N–H and O–H groups in total. The zero-order valence-corrected chi connectivity index (χ0v) is 35.1. The molecule has 2 saturated heterocycles. The van der Waals surface area contributed by atoms with Crippen LogP contribution in [0, 0.1) is 91.0 Å². The van der Waals surface area contributed by atoms with E-state index in [1.807, 2.05) is 0 Å². The van der Waals surface area contributed by atoms with Crippen LogP contribution in [-0.2, 0) is 0 Å². The topological polar surface area (TPSA) is 459 Å². The Bertz CT molecular complexity index is 2010. The number of nitrogens with zero attached hydrogens (tertiary/aromatic N) is 12. The van der Waals surface area contributed by atoms with Crippen LogP contribution in [0.4, 0.5) is 51.2 Å². The van der Waals surface area contributed by atoms with Crippen LogP contribution in [0.25, 0.3) is 0 Å². The first kappa shape index (κ1) is 54.7. The van der Waals surface area contributed by atoms with E-state index in [2.05, 4.69) is 21.6 Å². The van der Waals surface area contributed by atoms with Crippen molar-refractivity contribution in [1.29, 1.82) is 0 Å². The molecule has 0 unspecified atom stereocenters. The summed E-state index contributed by atoms with van der Waals surface area (Å²) in [6, 6.07) is 2.68. The van der Waals surface area contributed by atoms with Crippen molar-refractivity contribution < 1.29 is 59.6 Å². The molecule has 364 valence electrons. The van der Waals surface area contributed by atoms with Gasteiger partial charge in [-0.2, -0.15) is 0 Å². The van der Waals surface area contributed by atoms with E-state index in [1.165, 1.54) is 97.4 Å². The zero-order valence-electron chi connectivity index (χ0n) is 35.1. The van der Waals surface area contributed by atoms with E-state index in [9.17, 15) is 91.0 Å². The molecule has 5 rings (SSSR count). The van der Waals surface area contributed by atoms with E-state index in [1.54, 1.807) is 0 Å². The molecule has 0 atom stereocenters. The molecule has 0 aliphatic carbocycles. The zero-order chi connectivity index (χ0) is 50.7. The van der Waals surface area contributed by atoms with Crippen LogP contribution in [0.5, 0.6) is 17.2 Å². The first-order valence-electron chi connectivity index (χ1n) is 19.5. The molecule has 2 fully saturated rings. The molecule has 67 heavy (non-hydrogen) atoms. The maximum atomic E-state index is 10.4. The third-order valence-electron chi connectivity index (χ3n) is 9.72. The molecule has 0 bridgehead atoms. The second-order valence-electron chi connectivity index (χ2n) is 14.1. The minimum absolute atomic E-state index is 0.447. The molecule has 0 aromatic heterocycles. The molecule has 0 amide bonds. The normalized spacial score (nSPS) is 13.2. The number of likely N-dealkylation sites (tertiary alicyclic amines) is 2.